The molecule has 1 aliphatic rings. The molecule has 6 heteroatoms. The fourth-order valence-corrected chi connectivity index (χ4v) is 4.03. The maximum atomic E-state index is 13.0. The van der Waals surface area contributed by atoms with Crippen molar-refractivity contribution in [1.82, 2.24) is 14.7 Å². The number of aryl methyl sites for hydroxylation is 2. The average molecular weight is 369 g/mol. The van der Waals surface area contributed by atoms with Gasteiger partial charge < -0.3 is 10.0 Å². The van der Waals surface area contributed by atoms with Crippen molar-refractivity contribution in [3.05, 3.63) is 52.3 Å². The van der Waals surface area contributed by atoms with E-state index in [1.807, 2.05) is 42.5 Å². The van der Waals surface area contributed by atoms with Gasteiger partial charge in [-0.25, -0.2) is 4.79 Å². The monoisotopic (exact) mass is 369 g/mol. The average Bonchev–Trinajstić information content (AvgIpc) is 2.95. The zero-order valence-corrected chi connectivity index (χ0v) is 16.2. The number of hydrogen-bond acceptors (Lipinski definition) is 3. The van der Waals surface area contributed by atoms with Crippen LogP contribution in [0.15, 0.2) is 24.3 Å². The van der Waals surface area contributed by atoms with Gasteiger partial charge in [0.1, 0.15) is 0 Å². The molecule has 0 saturated carbocycles. The van der Waals surface area contributed by atoms with Crippen molar-refractivity contribution in [3.8, 4) is 0 Å². The van der Waals surface area contributed by atoms with Crippen molar-refractivity contribution < 1.29 is 14.7 Å². The summed E-state index contributed by atoms with van der Waals surface area (Å²) in [5.41, 5.74) is 3.71. The number of piperidine rings is 1. The first-order chi connectivity index (χ1) is 12.9. The molecule has 1 N–H and O–H groups in total. The van der Waals surface area contributed by atoms with Crippen LogP contribution in [-0.2, 0) is 13.0 Å². The fourth-order valence-electron chi connectivity index (χ4n) is 4.03. The number of nitrogens with zero attached hydrogens (tertiary/aromatic N) is 3. The van der Waals surface area contributed by atoms with Gasteiger partial charge in [-0.1, -0.05) is 18.2 Å². The highest BCUT2D eigenvalue weighted by molar-refractivity contribution is 5.96. The Morgan fingerprint density at radius 3 is 2.44 bits per heavy atom. The molecule has 3 rings (SSSR count). The molecule has 2 aromatic rings. The molecule has 27 heavy (non-hydrogen) atoms. The highest BCUT2D eigenvalue weighted by atomic mass is 16.4. The molecular weight excluding hydrogens is 342 g/mol. The van der Waals surface area contributed by atoms with Gasteiger partial charge in [0, 0.05) is 25.3 Å². The Morgan fingerprint density at radius 1 is 1.19 bits per heavy atom. The summed E-state index contributed by atoms with van der Waals surface area (Å²) >= 11 is 0. The van der Waals surface area contributed by atoms with Gasteiger partial charge in [0.25, 0.3) is 5.91 Å². The SMILES string of the molecule is CCn1nc(C)c(C(=O)N2CCC(Cc3ccccc3C(=O)O)CC2)c1C. The number of carbonyl (C=O) groups is 2. The lowest BCUT2D eigenvalue weighted by molar-refractivity contribution is 0.0689. The van der Waals surface area contributed by atoms with E-state index in [2.05, 4.69) is 5.10 Å². The molecule has 0 radical (unpaired) electrons. The predicted molar refractivity (Wildman–Crippen MR) is 103 cm³/mol. The van der Waals surface area contributed by atoms with Gasteiger partial charge in [0.05, 0.1) is 16.8 Å². The second-order valence-corrected chi connectivity index (χ2v) is 7.26. The van der Waals surface area contributed by atoms with Crippen LogP contribution in [0.25, 0.3) is 0 Å². The van der Waals surface area contributed by atoms with E-state index in [-0.39, 0.29) is 5.91 Å². The van der Waals surface area contributed by atoms with Gasteiger partial charge in [0.15, 0.2) is 0 Å². The molecule has 0 spiro atoms. The van der Waals surface area contributed by atoms with E-state index in [1.54, 1.807) is 12.1 Å². The Kier molecular flexibility index (Phi) is 5.63. The van der Waals surface area contributed by atoms with Gasteiger partial charge >= 0.3 is 5.97 Å². The molecule has 1 amide bonds. The summed E-state index contributed by atoms with van der Waals surface area (Å²) in [5, 5.41) is 13.8. The van der Waals surface area contributed by atoms with Crippen molar-refractivity contribution in [2.75, 3.05) is 13.1 Å². The van der Waals surface area contributed by atoms with Crippen molar-refractivity contribution >= 4 is 11.9 Å². The van der Waals surface area contributed by atoms with Crippen LogP contribution in [0.5, 0.6) is 0 Å². The number of aromatic carboxylic acids is 1. The maximum Gasteiger partial charge on any atom is 0.335 e. The highest BCUT2D eigenvalue weighted by Gasteiger charge is 2.28. The molecule has 6 nitrogen and oxygen atoms in total. The molecule has 1 aliphatic heterocycles. The molecule has 1 fully saturated rings. The molecule has 0 atom stereocenters. The number of likely N-dealkylation sites (tertiary alicyclic amines) is 1. The smallest absolute Gasteiger partial charge is 0.335 e. The summed E-state index contributed by atoms with van der Waals surface area (Å²) in [6.45, 7) is 8.03. The molecule has 1 aromatic carbocycles. The van der Waals surface area contributed by atoms with Crippen LogP contribution in [0.2, 0.25) is 0 Å². The zero-order valence-electron chi connectivity index (χ0n) is 16.2. The number of aromatic nitrogens is 2. The molecule has 1 aromatic heterocycles. The Labute approximate surface area is 159 Å². The summed E-state index contributed by atoms with van der Waals surface area (Å²) in [7, 11) is 0. The lowest BCUT2D eigenvalue weighted by atomic mass is 9.88. The Balaban J connectivity index is 1.65. The van der Waals surface area contributed by atoms with Gasteiger partial charge in [-0.15, -0.1) is 0 Å². The zero-order chi connectivity index (χ0) is 19.6. The van der Waals surface area contributed by atoms with Crippen LogP contribution in [0.1, 0.15) is 57.4 Å². The lowest BCUT2D eigenvalue weighted by Crippen LogP contribution is -2.39. The van der Waals surface area contributed by atoms with Crippen molar-refractivity contribution in [3.63, 3.8) is 0 Å². The predicted octanol–water partition coefficient (Wildman–Crippen LogP) is 3.31. The van der Waals surface area contributed by atoms with E-state index in [9.17, 15) is 14.7 Å². The standard InChI is InChI=1S/C21H27N3O3/c1-4-24-15(3)19(14(2)22-24)20(25)23-11-9-16(10-12-23)13-17-7-5-6-8-18(17)21(26)27/h5-8,16H,4,9-13H2,1-3H3,(H,26,27). The van der Waals surface area contributed by atoms with Crippen LogP contribution in [0.3, 0.4) is 0 Å². The van der Waals surface area contributed by atoms with E-state index in [4.69, 9.17) is 0 Å². The number of carbonyl (C=O) groups excluding carboxylic acids is 1. The Bertz CT molecular complexity index is 848. The largest absolute Gasteiger partial charge is 0.478 e. The molecule has 144 valence electrons. The van der Waals surface area contributed by atoms with Gasteiger partial charge in [-0.2, -0.15) is 5.10 Å². The third kappa shape index (κ3) is 3.89. The molecule has 0 bridgehead atoms. The van der Waals surface area contributed by atoms with E-state index in [0.29, 0.717) is 24.6 Å². The summed E-state index contributed by atoms with van der Waals surface area (Å²) in [6.07, 6.45) is 2.52. The maximum absolute atomic E-state index is 13.0. The minimum Gasteiger partial charge on any atom is -0.478 e. The third-order valence-electron chi connectivity index (χ3n) is 5.55. The number of amides is 1. The summed E-state index contributed by atoms with van der Waals surface area (Å²) in [6, 6.07) is 7.20. The van der Waals surface area contributed by atoms with Crippen molar-refractivity contribution in [2.24, 2.45) is 5.92 Å². The van der Waals surface area contributed by atoms with Crippen LogP contribution < -0.4 is 0 Å². The number of rotatable bonds is 5. The second-order valence-electron chi connectivity index (χ2n) is 7.26. The molecule has 0 aliphatic carbocycles. The van der Waals surface area contributed by atoms with Gasteiger partial charge in [-0.05, 0) is 57.6 Å². The molecular formula is C21H27N3O3. The highest BCUT2D eigenvalue weighted by Crippen LogP contribution is 2.25. The summed E-state index contributed by atoms with van der Waals surface area (Å²) < 4.78 is 1.87. The Hall–Kier alpha value is -2.63. The Morgan fingerprint density at radius 2 is 1.85 bits per heavy atom. The van der Waals surface area contributed by atoms with Crippen LogP contribution in [0.4, 0.5) is 0 Å². The fraction of sp³-hybridized carbons (Fsp3) is 0.476. The van der Waals surface area contributed by atoms with Crippen LogP contribution in [0, 0.1) is 19.8 Å². The van der Waals surface area contributed by atoms with Crippen molar-refractivity contribution in [1.29, 1.82) is 0 Å². The van der Waals surface area contributed by atoms with E-state index < -0.39 is 5.97 Å². The third-order valence-corrected chi connectivity index (χ3v) is 5.55. The van der Waals surface area contributed by atoms with E-state index >= 15 is 0 Å². The molecule has 0 unspecified atom stereocenters. The first-order valence-electron chi connectivity index (χ1n) is 9.56. The number of carboxylic acid groups (broad SMARTS) is 1. The topological polar surface area (TPSA) is 75.4 Å². The van der Waals surface area contributed by atoms with E-state index in [1.165, 1.54) is 0 Å². The first-order valence-corrected chi connectivity index (χ1v) is 9.56. The normalized spacial score (nSPS) is 15.1. The number of benzene rings is 1. The number of carboxylic acids is 1. The molecule has 2 heterocycles. The summed E-state index contributed by atoms with van der Waals surface area (Å²) in [4.78, 5) is 26.3. The van der Waals surface area contributed by atoms with Gasteiger partial charge in [-0.3, -0.25) is 9.48 Å². The first kappa shape index (κ1) is 19.1. The van der Waals surface area contributed by atoms with Crippen LogP contribution >= 0.6 is 0 Å². The minimum atomic E-state index is -0.878. The van der Waals surface area contributed by atoms with Gasteiger partial charge in [0.2, 0.25) is 0 Å². The minimum absolute atomic E-state index is 0.0640. The second kappa shape index (κ2) is 7.94. The van der Waals surface area contributed by atoms with E-state index in [0.717, 1.165) is 48.3 Å². The van der Waals surface area contributed by atoms with Crippen molar-refractivity contribution in [2.45, 2.75) is 46.6 Å². The molecule has 1 saturated heterocycles. The summed E-state index contributed by atoms with van der Waals surface area (Å²) in [5.74, 6) is -0.415. The lowest BCUT2D eigenvalue weighted by Gasteiger charge is -2.32. The number of hydrogen-bond donors (Lipinski definition) is 1. The quantitative estimate of drug-likeness (QED) is 0.877. The van der Waals surface area contributed by atoms with Crippen LogP contribution in [-0.4, -0.2) is 44.8 Å².